The standard InChI is InChI=1S/C13H17N5S/c14-11-1-2-12(16-9-11)18-6-4-17(5-7-18)10-13-15-3-8-19-13/h1-3,8-9H,4-7,10,14H2. The van der Waals surface area contributed by atoms with Crippen LogP contribution in [0, 0.1) is 0 Å². The van der Waals surface area contributed by atoms with Gasteiger partial charge in [0.05, 0.1) is 18.4 Å². The van der Waals surface area contributed by atoms with E-state index in [4.69, 9.17) is 5.73 Å². The first kappa shape index (κ1) is 12.4. The third-order valence-electron chi connectivity index (χ3n) is 3.31. The van der Waals surface area contributed by atoms with Gasteiger partial charge in [0.2, 0.25) is 0 Å². The van der Waals surface area contributed by atoms with Gasteiger partial charge < -0.3 is 10.6 Å². The summed E-state index contributed by atoms with van der Waals surface area (Å²) in [6.07, 6.45) is 3.59. The average Bonchev–Trinajstić information content (AvgIpc) is 2.94. The highest BCUT2D eigenvalue weighted by Crippen LogP contribution is 2.16. The van der Waals surface area contributed by atoms with E-state index in [1.807, 2.05) is 23.7 Å². The molecular weight excluding hydrogens is 258 g/mol. The van der Waals surface area contributed by atoms with Gasteiger partial charge >= 0.3 is 0 Å². The molecule has 0 saturated carbocycles. The SMILES string of the molecule is Nc1ccc(N2CCN(Cc3nccs3)CC2)nc1. The van der Waals surface area contributed by atoms with E-state index < -0.39 is 0 Å². The number of nitrogens with two attached hydrogens (primary N) is 1. The van der Waals surface area contributed by atoms with Crippen LogP contribution in [0.3, 0.4) is 0 Å². The fourth-order valence-corrected chi connectivity index (χ4v) is 2.90. The molecule has 19 heavy (non-hydrogen) atoms. The molecule has 0 radical (unpaired) electrons. The van der Waals surface area contributed by atoms with Crippen LogP contribution < -0.4 is 10.6 Å². The Bertz CT molecular complexity index is 502. The quantitative estimate of drug-likeness (QED) is 0.918. The number of nitrogen functional groups attached to an aromatic ring is 1. The van der Waals surface area contributed by atoms with Gasteiger partial charge in [0.25, 0.3) is 0 Å². The number of aromatic nitrogens is 2. The maximum atomic E-state index is 5.66. The van der Waals surface area contributed by atoms with Gasteiger partial charge in [-0.05, 0) is 12.1 Å². The molecular formula is C13H17N5S. The molecule has 2 N–H and O–H groups in total. The predicted molar refractivity (Wildman–Crippen MR) is 78.3 cm³/mol. The Kier molecular flexibility index (Phi) is 3.61. The number of nitrogens with zero attached hydrogens (tertiary/aromatic N) is 4. The monoisotopic (exact) mass is 275 g/mol. The molecule has 0 unspecified atom stereocenters. The van der Waals surface area contributed by atoms with Gasteiger partial charge in [0.1, 0.15) is 10.8 Å². The Labute approximate surface area is 116 Å². The lowest BCUT2D eigenvalue weighted by atomic mass is 10.3. The fourth-order valence-electron chi connectivity index (χ4n) is 2.24. The van der Waals surface area contributed by atoms with Crippen molar-refractivity contribution in [2.45, 2.75) is 6.54 Å². The largest absolute Gasteiger partial charge is 0.397 e. The van der Waals surface area contributed by atoms with E-state index in [1.54, 1.807) is 17.5 Å². The van der Waals surface area contributed by atoms with Crippen LogP contribution in [0.4, 0.5) is 11.5 Å². The van der Waals surface area contributed by atoms with Crippen molar-refractivity contribution in [1.82, 2.24) is 14.9 Å². The summed E-state index contributed by atoms with van der Waals surface area (Å²) in [6, 6.07) is 3.90. The number of piperazine rings is 1. The molecule has 6 heteroatoms. The minimum atomic E-state index is 0.714. The van der Waals surface area contributed by atoms with Gasteiger partial charge in [-0.1, -0.05) is 0 Å². The summed E-state index contributed by atoms with van der Waals surface area (Å²) in [4.78, 5) is 13.4. The minimum Gasteiger partial charge on any atom is -0.397 e. The van der Waals surface area contributed by atoms with Crippen LogP contribution in [-0.4, -0.2) is 41.0 Å². The van der Waals surface area contributed by atoms with Gasteiger partial charge in [0, 0.05) is 37.8 Å². The van der Waals surface area contributed by atoms with Crippen LogP contribution in [0.2, 0.25) is 0 Å². The lowest BCUT2D eigenvalue weighted by Gasteiger charge is -2.34. The van der Waals surface area contributed by atoms with Crippen molar-refractivity contribution >= 4 is 22.8 Å². The Balaban J connectivity index is 1.56. The van der Waals surface area contributed by atoms with Crippen LogP contribution in [0.25, 0.3) is 0 Å². The summed E-state index contributed by atoms with van der Waals surface area (Å²) in [5.74, 6) is 1.02. The first-order valence-electron chi connectivity index (χ1n) is 6.38. The molecule has 5 nitrogen and oxygen atoms in total. The number of pyridine rings is 1. The molecule has 1 fully saturated rings. The molecule has 0 amide bonds. The summed E-state index contributed by atoms with van der Waals surface area (Å²) in [5, 5.41) is 3.23. The predicted octanol–water partition coefficient (Wildman–Crippen LogP) is 1.44. The van der Waals surface area contributed by atoms with Crippen molar-refractivity contribution in [2.24, 2.45) is 0 Å². The molecule has 1 saturated heterocycles. The summed E-state index contributed by atoms with van der Waals surface area (Å²) < 4.78 is 0. The Morgan fingerprint density at radius 2 is 2.00 bits per heavy atom. The van der Waals surface area contributed by atoms with Crippen molar-refractivity contribution in [3.63, 3.8) is 0 Å². The lowest BCUT2D eigenvalue weighted by Crippen LogP contribution is -2.46. The highest BCUT2D eigenvalue weighted by atomic mass is 32.1. The number of anilines is 2. The second-order valence-corrected chi connectivity index (χ2v) is 5.62. The maximum absolute atomic E-state index is 5.66. The van der Waals surface area contributed by atoms with Crippen LogP contribution in [0.5, 0.6) is 0 Å². The van der Waals surface area contributed by atoms with Crippen LogP contribution >= 0.6 is 11.3 Å². The highest BCUT2D eigenvalue weighted by Gasteiger charge is 2.18. The normalized spacial score (nSPS) is 16.7. The van der Waals surface area contributed by atoms with Gasteiger partial charge in [0.15, 0.2) is 0 Å². The molecule has 3 rings (SSSR count). The van der Waals surface area contributed by atoms with Gasteiger partial charge in [-0.3, -0.25) is 4.90 Å². The Hall–Kier alpha value is -1.66. The molecule has 0 aromatic carbocycles. The van der Waals surface area contributed by atoms with Gasteiger partial charge in [-0.2, -0.15) is 0 Å². The fraction of sp³-hybridized carbons (Fsp3) is 0.385. The van der Waals surface area contributed by atoms with E-state index in [2.05, 4.69) is 19.8 Å². The third kappa shape index (κ3) is 3.02. The lowest BCUT2D eigenvalue weighted by molar-refractivity contribution is 0.249. The molecule has 3 heterocycles. The smallest absolute Gasteiger partial charge is 0.128 e. The van der Waals surface area contributed by atoms with E-state index in [9.17, 15) is 0 Å². The number of hydrogen-bond donors (Lipinski definition) is 1. The molecule has 0 atom stereocenters. The number of hydrogen-bond acceptors (Lipinski definition) is 6. The number of thiazole rings is 1. The van der Waals surface area contributed by atoms with Crippen LogP contribution in [0.15, 0.2) is 29.9 Å². The van der Waals surface area contributed by atoms with Gasteiger partial charge in [-0.15, -0.1) is 11.3 Å². The maximum Gasteiger partial charge on any atom is 0.128 e. The molecule has 100 valence electrons. The molecule has 0 spiro atoms. The average molecular weight is 275 g/mol. The zero-order chi connectivity index (χ0) is 13.1. The zero-order valence-corrected chi connectivity index (χ0v) is 11.5. The summed E-state index contributed by atoms with van der Waals surface area (Å²) in [6.45, 7) is 5.06. The van der Waals surface area contributed by atoms with Crippen molar-refractivity contribution in [1.29, 1.82) is 0 Å². The van der Waals surface area contributed by atoms with E-state index >= 15 is 0 Å². The Morgan fingerprint density at radius 3 is 2.63 bits per heavy atom. The van der Waals surface area contributed by atoms with Crippen molar-refractivity contribution in [3.8, 4) is 0 Å². The topological polar surface area (TPSA) is 58.3 Å². The van der Waals surface area contributed by atoms with E-state index in [0.717, 1.165) is 38.5 Å². The second-order valence-electron chi connectivity index (χ2n) is 4.64. The highest BCUT2D eigenvalue weighted by molar-refractivity contribution is 7.09. The summed E-state index contributed by atoms with van der Waals surface area (Å²) in [5.41, 5.74) is 6.37. The molecule has 2 aromatic rings. The van der Waals surface area contributed by atoms with Crippen molar-refractivity contribution in [2.75, 3.05) is 36.8 Å². The first-order chi connectivity index (χ1) is 9.31. The first-order valence-corrected chi connectivity index (χ1v) is 7.26. The molecule has 2 aromatic heterocycles. The molecule has 1 aliphatic heterocycles. The van der Waals surface area contributed by atoms with Gasteiger partial charge in [-0.25, -0.2) is 9.97 Å². The number of rotatable bonds is 3. The van der Waals surface area contributed by atoms with E-state index in [-0.39, 0.29) is 0 Å². The Morgan fingerprint density at radius 1 is 1.16 bits per heavy atom. The third-order valence-corrected chi connectivity index (χ3v) is 4.07. The summed E-state index contributed by atoms with van der Waals surface area (Å²) in [7, 11) is 0. The molecule has 1 aliphatic rings. The van der Waals surface area contributed by atoms with E-state index in [1.165, 1.54) is 5.01 Å². The van der Waals surface area contributed by atoms with E-state index in [0.29, 0.717) is 5.69 Å². The minimum absolute atomic E-state index is 0.714. The molecule has 0 bridgehead atoms. The second kappa shape index (κ2) is 5.54. The van der Waals surface area contributed by atoms with Crippen molar-refractivity contribution < 1.29 is 0 Å². The van der Waals surface area contributed by atoms with Crippen LogP contribution in [0.1, 0.15) is 5.01 Å². The van der Waals surface area contributed by atoms with Crippen LogP contribution in [-0.2, 0) is 6.54 Å². The van der Waals surface area contributed by atoms with Crippen molar-refractivity contribution in [3.05, 3.63) is 34.9 Å². The molecule has 0 aliphatic carbocycles. The summed E-state index contributed by atoms with van der Waals surface area (Å²) >= 11 is 1.72. The zero-order valence-electron chi connectivity index (χ0n) is 10.7.